The topological polar surface area (TPSA) is 120 Å². The summed E-state index contributed by atoms with van der Waals surface area (Å²) in [6, 6.07) is 33.9. The van der Waals surface area contributed by atoms with Crippen molar-refractivity contribution in [3.8, 4) is 11.1 Å². The zero-order valence-electron chi connectivity index (χ0n) is 31.4. The van der Waals surface area contributed by atoms with Crippen LogP contribution in [0.3, 0.4) is 0 Å². The van der Waals surface area contributed by atoms with Crippen molar-refractivity contribution in [3.63, 3.8) is 0 Å². The van der Waals surface area contributed by atoms with Crippen LogP contribution in [0, 0.1) is 5.92 Å². The van der Waals surface area contributed by atoms with Crippen molar-refractivity contribution in [2.75, 3.05) is 20.1 Å². The van der Waals surface area contributed by atoms with Crippen LogP contribution in [0.15, 0.2) is 103 Å². The molecule has 6 atom stereocenters. The van der Waals surface area contributed by atoms with E-state index in [0.717, 1.165) is 58.2 Å². The first-order chi connectivity index (χ1) is 25.6. The van der Waals surface area contributed by atoms with Crippen molar-refractivity contribution < 1.29 is 29.3 Å². The van der Waals surface area contributed by atoms with E-state index in [4.69, 9.17) is 9.47 Å². The number of likely N-dealkylation sites (N-methyl/N-ethyl adjacent to an activating group) is 1. The molecule has 5 rings (SSSR count). The number of nitrogens with one attached hydrogen (secondary N) is 2. The highest BCUT2D eigenvalue weighted by atomic mass is 16.7. The molecule has 0 aromatic heterocycles. The van der Waals surface area contributed by atoms with Gasteiger partial charge in [-0.2, -0.15) is 0 Å². The van der Waals surface area contributed by atoms with Gasteiger partial charge in [0.15, 0.2) is 6.29 Å². The molecule has 0 bridgehead atoms. The number of unbranched alkanes of at least 4 members (excludes halogenated alkanes) is 2. The highest BCUT2D eigenvalue weighted by molar-refractivity contribution is 5.76. The molecule has 1 fully saturated rings. The SMILES string of the molecule is CC(=O)NCCCCCC(=O)NCc1cccc(-c2ccc([C@H]3O[C@@H](CN(C)[C@@H](C)[C@H](O)c4ccccc4)[C@@H](C)[C@@H](c4ccc(CO)cc4)O3)cc2)c1. The van der Waals surface area contributed by atoms with Crippen LogP contribution in [0.25, 0.3) is 11.1 Å². The number of carbonyl (C=O) groups is 2. The van der Waals surface area contributed by atoms with Crippen molar-refractivity contribution in [2.24, 2.45) is 5.92 Å². The number of benzene rings is 4. The summed E-state index contributed by atoms with van der Waals surface area (Å²) in [7, 11) is 2.02. The monoisotopic (exact) mass is 721 g/mol. The Morgan fingerprint density at radius 2 is 1.53 bits per heavy atom. The molecule has 1 aliphatic heterocycles. The molecule has 0 unspecified atom stereocenters. The number of aliphatic hydroxyl groups excluding tert-OH is 2. The molecule has 9 heteroatoms. The second-order valence-electron chi connectivity index (χ2n) is 14.3. The second kappa shape index (κ2) is 19.6. The minimum atomic E-state index is -0.644. The Hall–Kier alpha value is -4.38. The summed E-state index contributed by atoms with van der Waals surface area (Å²) < 4.78 is 13.4. The third kappa shape index (κ3) is 11.3. The van der Waals surface area contributed by atoms with Gasteiger partial charge in [0.05, 0.1) is 24.9 Å². The van der Waals surface area contributed by atoms with Crippen LogP contribution in [-0.2, 0) is 32.2 Å². The quantitative estimate of drug-likeness (QED) is 0.0867. The van der Waals surface area contributed by atoms with Crippen LogP contribution in [0.4, 0.5) is 0 Å². The van der Waals surface area contributed by atoms with E-state index in [-0.39, 0.29) is 42.6 Å². The Balaban J connectivity index is 1.25. The molecule has 1 heterocycles. The molecule has 0 aliphatic carbocycles. The molecule has 9 nitrogen and oxygen atoms in total. The number of carbonyl (C=O) groups excluding carboxylic acids is 2. The normalized spacial score (nSPS) is 19.8. The smallest absolute Gasteiger partial charge is 0.220 e. The van der Waals surface area contributed by atoms with Gasteiger partial charge in [-0.15, -0.1) is 0 Å². The molecule has 2 amide bonds. The summed E-state index contributed by atoms with van der Waals surface area (Å²) >= 11 is 0. The van der Waals surface area contributed by atoms with E-state index in [9.17, 15) is 19.8 Å². The lowest BCUT2D eigenvalue weighted by molar-refractivity contribution is -0.276. The first-order valence-electron chi connectivity index (χ1n) is 18.8. The summed E-state index contributed by atoms with van der Waals surface area (Å²) in [5.41, 5.74) is 6.77. The zero-order chi connectivity index (χ0) is 37.7. The van der Waals surface area contributed by atoms with Crippen molar-refractivity contribution in [3.05, 3.63) is 131 Å². The number of hydrogen-bond acceptors (Lipinski definition) is 7. The van der Waals surface area contributed by atoms with Crippen LogP contribution >= 0.6 is 0 Å². The molecule has 1 saturated heterocycles. The lowest BCUT2D eigenvalue weighted by atomic mass is 9.89. The predicted octanol–water partition coefficient (Wildman–Crippen LogP) is 7.00. The minimum Gasteiger partial charge on any atom is -0.392 e. The molecule has 0 saturated carbocycles. The molecule has 1 aliphatic rings. The maximum Gasteiger partial charge on any atom is 0.220 e. The standard InChI is InChI=1S/C44H55N3O6/c1-30-40(28-47(4)31(2)42(51)36-13-7-5-8-14-36)52-44(53-43(30)37-19-17-33(29-48)18-20-37)38-23-21-35(22-24-38)39-15-11-12-34(26-39)27-46-41(50)16-9-6-10-25-45-32(3)49/h5,7-8,11-15,17-24,26,30-31,40,42-44,48,51H,6,9-10,16,25,27-29H2,1-4H3,(H,45,49)(H,46,50)/t30-,31+,40+,42+,43+,44+/m1/s1. The van der Waals surface area contributed by atoms with Gasteiger partial charge >= 0.3 is 0 Å². The number of ether oxygens (including phenoxy) is 2. The number of aliphatic hydroxyl groups is 2. The van der Waals surface area contributed by atoms with E-state index in [0.29, 0.717) is 26.1 Å². The Kier molecular flexibility index (Phi) is 14.7. The maximum absolute atomic E-state index is 12.4. The second-order valence-corrected chi connectivity index (χ2v) is 14.3. The van der Waals surface area contributed by atoms with Gasteiger partial charge in [0.25, 0.3) is 0 Å². The average molecular weight is 722 g/mol. The van der Waals surface area contributed by atoms with Crippen molar-refractivity contribution in [2.45, 2.75) is 90.2 Å². The fourth-order valence-corrected chi connectivity index (χ4v) is 6.78. The summed E-state index contributed by atoms with van der Waals surface area (Å²) in [4.78, 5) is 25.6. The summed E-state index contributed by atoms with van der Waals surface area (Å²) in [5, 5.41) is 26.6. The van der Waals surface area contributed by atoms with Gasteiger partial charge in [0.2, 0.25) is 11.8 Å². The van der Waals surface area contributed by atoms with Gasteiger partial charge in [0, 0.05) is 50.5 Å². The van der Waals surface area contributed by atoms with Crippen LogP contribution in [-0.4, -0.2) is 59.2 Å². The molecule has 0 spiro atoms. The number of nitrogens with zero attached hydrogens (tertiary/aromatic N) is 1. The van der Waals surface area contributed by atoms with E-state index < -0.39 is 12.4 Å². The summed E-state index contributed by atoms with van der Waals surface area (Å²) in [6.45, 7) is 7.36. The number of amides is 2. The lowest BCUT2D eigenvalue weighted by Gasteiger charge is -2.43. The van der Waals surface area contributed by atoms with E-state index in [2.05, 4.69) is 46.7 Å². The third-order valence-corrected chi connectivity index (χ3v) is 10.3. The molecule has 4 aromatic rings. The fraction of sp³-hybridized carbons (Fsp3) is 0.409. The highest BCUT2D eigenvalue weighted by Gasteiger charge is 2.39. The van der Waals surface area contributed by atoms with Gasteiger partial charge in [-0.1, -0.05) is 110 Å². The van der Waals surface area contributed by atoms with Crippen LogP contribution < -0.4 is 10.6 Å². The molecule has 4 N–H and O–H groups in total. The summed E-state index contributed by atoms with van der Waals surface area (Å²) in [5.74, 6) is 0.00117. The Bertz CT molecular complexity index is 1730. The molecular formula is C44H55N3O6. The maximum atomic E-state index is 12.4. The van der Waals surface area contributed by atoms with E-state index in [1.165, 1.54) is 6.92 Å². The van der Waals surface area contributed by atoms with Gasteiger partial charge in [-0.3, -0.25) is 14.5 Å². The Labute approximate surface area is 314 Å². The van der Waals surface area contributed by atoms with E-state index in [1.54, 1.807) is 0 Å². The first-order valence-corrected chi connectivity index (χ1v) is 18.8. The van der Waals surface area contributed by atoms with Crippen molar-refractivity contribution in [1.82, 2.24) is 15.5 Å². The molecule has 0 radical (unpaired) electrons. The fourth-order valence-electron chi connectivity index (χ4n) is 6.78. The zero-order valence-corrected chi connectivity index (χ0v) is 31.4. The van der Waals surface area contributed by atoms with Crippen LogP contribution in [0.2, 0.25) is 0 Å². The van der Waals surface area contributed by atoms with Gasteiger partial charge in [-0.25, -0.2) is 0 Å². The lowest BCUT2D eigenvalue weighted by Crippen LogP contribution is -2.46. The van der Waals surface area contributed by atoms with Crippen molar-refractivity contribution in [1.29, 1.82) is 0 Å². The summed E-state index contributed by atoms with van der Waals surface area (Å²) in [6.07, 6.45) is 1.32. The molecule has 53 heavy (non-hydrogen) atoms. The minimum absolute atomic E-state index is 0.00675. The third-order valence-electron chi connectivity index (χ3n) is 10.3. The number of rotatable bonds is 17. The van der Waals surface area contributed by atoms with Gasteiger partial charge in [-0.05, 0) is 66.3 Å². The van der Waals surface area contributed by atoms with Crippen LogP contribution in [0.1, 0.15) is 92.8 Å². The van der Waals surface area contributed by atoms with Gasteiger partial charge < -0.3 is 30.3 Å². The van der Waals surface area contributed by atoms with Gasteiger partial charge in [0.1, 0.15) is 0 Å². The molecule has 4 aromatic carbocycles. The molecule has 282 valence electrons. The Morgan fingerprint density at radius 3 is 2.23 bits per heavy atom. The average Bonchev–Trinajstić information content (AvgIpc) is 3.19. The van der Waals surface area contributed by atoms with E-state index in [1.807, 2.05) is 92.8 Å². The first kappa shape index (κ1) is 39.8. The molecular weight excluding hydrogens is 666 g/mol. The van der Waals surface area contributed by atoms with Crippen LogP contribution in [0.5, 0.6) is 0 Å². The number of hydrogen-bond donors (Lipinski definition) is 4. The van der Waals surface area contributed by atoms with Crippen molar-refractivity contribution >= 4 is 11.8 Å². The largest absolute Gasteiger partial charge is 0.392 e. The Morgan fingerprint density at radius 1 is 0.811 bits per heavy atom. The van der Waals surface area contributed by atoms with E-state index >= 15 is 0 Å². The highest BCUT2D eigenvalue weighted by Crippen LogP contribution is 2.42. The predicted molar refractivity (Wildman–Crippen MR) is 207 cm³/mol.